The van der Waals surface area contributed by atoms with Crippen molar-refractivity contribution in [1.29, 1.82) is 0 Å². The van der Waals surface area contributed by atoms with Crippen LogP contribution >= 0.6 is 11.6 Å². The van der Waals surface area contributed by atoms with Crippen molar-refractivity contribution in [3.8, 4) is 11.4 Å². The van der Waals surface area contributed by atoms with Crippen molar-refractivity contribution in [2.75, 3.05) is 5.88 Å². The van der Waals surface area contributed by atoms with Gasteiger partial charge in [-0.1, -0.05) is 12.1 Å². The third-order valence-electron chi connectivity index (χ3n) is 2.25. The highest BCUT2D eigenvalue weighted by Crippen LogP contribution is 2.20. The molecule has 0 aliphatic carbocycles. The van der Waals surface area contributed by atoms with Gasteiger partial charge >= 0.3 is 0 Å². The average Bonchev–Trinajstić information content (AvgIpc) is 2.87. The lowest BCUT2D eigenvalue weighted by Crippen LogP contribution is -2.12. The largest absolute Gasteiger partial charge is 0.386 e. The fraction of sp³-hybridized carbons (Fsp3) is 0.273. The lowest BCUT2D eigenvalue weighted by Gasteiger charge is -1.98. The van der Waals surface area contributed by atoms with Gasteiger partial charge in [-0.2, -0.15) is 4.80 Å². The van der Waals surface area contributed by atoms with Crippen molar-refractivity contribution in [2.45, 2.75) is 13.5 Å². The van der Waals surface area contributed by atoms with Crippen LogP contribution in [0.15, 0.2) is 29.3 Å². The van der Waals surface area contributed by atoms with Gasteiger partial charge in [0.15, 0.2) is 0 Å². The molecule has 18 heavy (non-hydrogen) atoms. The van der Waals surface area contributed by atoms with E-state index in [1.165, 1.54) is 4.80 Å². The van der Waals surface area contributed by atoms with Gasteiger partial charge in [-0.05, 0) is 24.3 Å². The Balaban J connectivity index is 2.32. The van der Waals surface area contributed by atoms with Crippen LogP contribution in [0.1, 0.15) is 6.92 Å². The summed E-state index contributed by atoms with van der Waals surface area (Å²) < 4.78 is 0. The number of alkyl halides is 1. The Bertz CT molecular complexity index is 562. The number of rotatable bonds is 4. The summed E-state index contributed by atoms with van der Waals surface area (Å²) >= 11 is 5.59. The molecule has 1 aromatic heterocycles. The van der Waals surface area contributed by atoms with Crippen molar-refractivity contribution < 1.29 is 0 Å². The first-order chi connectivity index (χ1) is 8.72. The number of nitrogens with zero attached hydrogens (tertiary/aromatic N) is 5. The molecule has 0 saturated carbocycles. The van der Waals surface area contributed by atoms with Gasteiger partial charge in [0.1, 0.15) is 5.84 Å². The molecule has 0 aliphatic heterocycles. The summed E-state index contributed by atoms with van der Waals surface area (Å²) in [6.45, 7) is 2.64. The fourth-order valence-corrected chi connectivity index (χ4v) is 1.46. The van der Waals surface area contributed by atoms with Crippen molar-refractivity contribution >= 4 is 23.1 Å². The number of tetrazole rings is 1. The summed E-state index contributed by atoms with van der Waals surface area (Å²) in [7, 11) is 0. The third-order valence-corrected chi connectivity index (χ3v) is 2.52. The summed E-state index contributed by atoms with van der Waals surface area (Å²) in [5.74, 6) is 1.14. The zero-order valence-electron chi connectivity index (χ0n) is 9.91. The van der Waals surface area contributed by atoms with E-state index in [9.17, 15) is 0 Å². The van der Waals surface area contributed by atoms with Gasteiger partial charge < -0.3 is 5.73 Å². The molecule has 0 spiro atoms. The van der Waals surface area contributed by atoms with Gasteiger partial charge in [-0.3, -0.25) is 0 Å². The van der Waals surface area contributed by atoms with Crippen molar-refractivity contribution in [2.24, 2.45) is 10.7 Å². The first-order valence-electron chi connectivity index (χ1n) is 5.50. The lowest BCUT2D eigenvalue weighted by molar-refractivity contribution is 0.553. The van der Waals surface area contributed by atoms with Crippen molar-refractivity contribution in [1.82, 2.24) is 20.2 Å². The van der Waals surface area contributed by atoms with Crippen LogP contribution in [-0.2, 0) is 6.54 Å². The second kappa shape index (κ2) is 5.59. The first-order valence-corrected chi connectivity index (χ1v) is 6.03. The van der Waals surface area contributed by atoms with Gasteiger partial charge in [0.05, 0.1) is 18.1 Å². The number of aryl methyl sites for hydroxylation is 1. The van der Waals surface area contributed by atoms with E-state index in [0.717, 1.165) is 11.3 Å². The number of benzene rings is 1. The Morgan fingerprint density at radius 2 is 2.33 bits per heavy atom. The number of amidine groups is 1. The Morgan fingerprint density at radius 1 is 1.50 bits per heavy atom. The summed E-state index contributed by atoms with van der Waals surface area (Å²) in [5, 5.41) is 12.1. The quantitative estimate of drug-likeness (QED) is 0.516. The number of aromatic nitrogens is 4. The van der Waals surface area contributed by atoms with Crippen LogP contribution in [0.2, 0.25) is 0 Å². The molecule has 0 aliphatic rings. The van der Waals surface area contributed by atoms with E-state index in [2.05, 4.69) is 20.4 Å². The molecule has 1 heterocycles. The first kappa shape index (κ1) is 12.5. The van der Waals surface area contributed by atoms with Crippen LogP contribution < -0.4 is 5.73 Å². The predicted octanol–water partition coefficient (Wildman–Crippen LogP) is 1.59. The molecule has 2 aromatic rings. The molecule has 0 radical (unpaired) electrons. The lowest BCUT2D eigenvalue weighted by atomic mass is 10.2. The van der Waals surface area contributed by atoms with Gasteiger partial charge in [-0.15, -0.1) is 21.8 Å². The summed E-state index contributed by atoms with van der Waals surface area (Å²) in [5.41, 5.74) is 7.16. The number of aliphatic imine (C=N–C) groups is 1. The van der Waals surface area contributed by atoms with Gasteiger partial charge in [0, 0.05) is 5.56 Å². The van der Waals surface area contributed by atoms with E-state index in [1.807, 2.05) is 31.2 Å². The highest BCUT2D eigenvalue weighted by Gasteiger charge is 2.05. The fourth-order valence-electron chi connectivity index (χ4n) is 1.40. The van der Waals surface area contributed by atoms with Crippen LogP contribution in [0.4, 0.5) is 5.69 Å². The maximum absolute atomic E-state index is 5.59. The zero-order valence-corrected chi connectivity index (χ0v) is 10.7. The Morgan fingerprint density at radius 3 is 3.00 bits per heavy atom. The Hall–Kier alpha value is -1.95. The number of nitrogens with two attached hydrogens (primary N) is 1. The molecule has 6 nitrogen and oxygen atoms in total. The van der Waals surface area contributed by atoms with Gasteiger partial charge in [-0.25, -0.2) is 4.99 Å². The van der Waals surface area contributed by atoms with Crippen LogP contribution in [0.25, 0.3) is 11.4 Å². The van der Waals surface area contributed by atoms with Crippen LogP contribution in [0, 0.1) is 0 Å². The third kappa shape index (κ3) is 2.84. The monoisotopic (exact) mass is 264 g/mol. The molecule has 1 aromatic carbocycles. The zero-order chi connectivity index (χ0) is 13.0. The standard InChI is InChI=1S/C11H13ClN6/c1-2-18-16-11(15-17-18)8-4-3-5-9(6-8)14-10(13)7-12/h3-6H,2,7H2,1H3,(H2,13,14). The van der Waals surface area contributed by atoms with Crippen LogP contribution in [0.3, 0.4) is 0 Å². The normalized spacial score (nSPS) is 11.8. The second-order valence-corrected chi connectivity index (χ2v) is 3.86. The van der Waals surface area contributed by atoms with Crippen LogP contribution in [-0.4, -0.2) is 31.9 Å². The minimum atomic E-state index is 0.203. The minimum absolute atomic E-state index is 0.203. The average molecular weight is 265 g/mol. The highest BCUT2D eigenvalue weighted by molar-refractivity contribution is 6.28. The van der Waals surface area contributed by atoms with Crippen molar-refractivity contribution in [3.63, 3.8) is 0 Å². The number of hydrogen-bond acceptors (Lipinski definition) is 4. The molecule has 0 saturated heterocycles. The molecule has 0 fully saturated rings. The van der Waals surface area contributed by atoms with E-state index < -0.39 is 0 Å². The molecule has 0 amide bonds. The van der Waals surface area contributed by atoms with E-state index in [4.69, 9.17) is 17.3 Å². The van der Waals surface area contributed by atoms with E-state index in [0.29, 0.717) is 18.2 Å². The van der Waals surface area contributed by atoms with E-state index in [-0.39, 0.29) is 5.88 Å². The summed E-state index contributed by atoms with van der Waals surface area (Å²) in [6.07, 6.45) is 0. The highest BCUT2D eigenvalue weighted by atomic mass is 35.5. The number of halogens is 1. The molecule has 0 bridgehead atoms. The molecule has 2 N–H and O–H groups in total. The molecular weight excluding hydrogens is 252 g/mol. The van der Waals surface area contributed by atoms with Crippen LogP contribution in [0.5, 0.6) is 0 Å². The Kier molecular flexibility index (Phi) is 3.88. The van der Waals surface area contributed by atoms with E-state index >= 15 is 0 Å². The summed E-state index contributed by atoms with van der Waals surface area (Å²) in [4.78, 5) is 5.70. The molecule has 7 heteroatoms. The number of hydrogen-bond donors (Lipinski definition) is 1. The molecular formula is C11H13ClN6. The van der Waals surface area contributed by atoms with E-state index in [1.54, 1.807) is 0 Å². The maximum atomic E-state index is 5.59. The predicted molar refractivity (Wildman–Crippen MR) is 70.9 cm³/mol. The molecule has 0 unspecified atom stereocenters. The van der Waals surface area contributed by atoms with Gasteiger partial charge in [0.25, 0.3) is 0 Å². The molecule has 0 atom stereocenters. The maximum Gasteiger partial charge on any atom is 0.204 e. The topological polar surface area (TPSA) is 82.0 Å². The minimum Gasteiger partial charge on any atom is -0.386 e. The van der Waals surface area contributed by atoms with Gasteiger partial charge in [0.2, 0.25) is 5.82 Å². The smallest absolute Gasteiger partial charge is 0.204 e. The molecule has 2 rings (SSSR count). The SMILES string of the molecule is CCn1nnc(-c2cccc(N=C(N)CCl)c2)n1. The second-order valence-electron chi connectivity index (χ2n) is 3.59. The Labute approximate surface area is 109 Å². The summed E-state index contributed by atoms with van der Waals surface area (Å²) in [6, 6.07) is 7.44. The van der Waals surface area contributed by atoms with Crippen molar-refractivity contribution in [3.05, 3.63) is 24.3 Å². The molecule has 94 valence electrons.